The van der Waals surface area contributed by atoms with Crippen LogP contribution in [0, 0.1) is 0 Å². The molecule has 0 atom stereocenters. The quantitative estimate of drug-likeness (QED) is 0.152. The number of fused-ring (bicyclic) bond motifs is 14. The minimum absolute atomic E-state index is 0.0906. The number of aromatic nitrogens is 2. The SMILES string of the molecule is c1ccc(-c2cc3c4c5c2-n2c6ccc(C7CCCC7)cc6c6cc(C7CCCC7)cc(c62)B5c2cc(C5CCCC5)cc5c6cc(C7CCCC7)cc(c6n-4c25)C32c3ccccc3-c3ccccc32)cc1. The van der Waals surface area contributed by atoms with Gasteiger partial charge in [0.2, 0.25) is 0 Å². The number of rotatable bonds is 5. The predicted octanol–water partition coefficient (Wildman–Crippen LogP) is 16.0. The first-order valence-corrected chi connectivity index (χ1v) is 28.5. The van der Waals surface area contributed by atoms with E-state index in [1.54, 1.807) is 33.2 Å². The molecule has 2 nitrogen and oxygen atoms in total. The average molecular weight is 927 g/mol. The molecule has 72 heavy (non-hydrogen) atoms. The summed E-state index contributed by atoms with van der Waals surface area (Å²) in [6.07, 6.45) is 21.1. The molecule has 8 aliphatic rings. The van der Waals surface area contributed by atoms with Crippen molar-refractivity contribution in [3.63, 3.8) is 0 Å². The zero-order chi connectivity index (χ0) is 46.6. The van der Waals surface area contributed by atoms with Gasteiger partial charge < -0.3 is 9.13 Å². The Labute approximate surface area is 423 Å². The van der Waals surface area contributed by atoms with E-state index in [9.17, 15) is 0 Å². The van der Waals surface area contributed by atoms with E-state index < -0.39 is 5.41 Å². The summed E-state index contributed by atoms with van der Waals surface area (Å²) in [6.45, 7) is 0.0906. The molecule has 0 unspecified atom stereocenters. The summed E-state index contributed by atoms with van der Waals surface area (Å²) in [5.41, 5.74) is 30.4. The summed E-state index contributed by atoms with van der Waals surface area (Å²) in [5.74, 6) is 2.46. The van der Waals surface area contributed by atoms with E-state index >= 15 is 0 Å². The lowest BCUT2D eigenvalue weighted by molar-refractivity contribution is 0.710. The second-order valence-electron chi connectivity index (χ2n) is 24.1. The van der Waals surface area contributed by atoms with Crippen LogP contribution in [0.3, 0.4) is 0 Å². The smallest absolute Gasteiger partial charge is 0.252 e. The fraction of sp³-hybridized carbons (Fsp3) is 0.304. The first-order chi connectivity index (χ1) is 35.7. The number of hydrogen-bond donors (Lipinski definition) is 0. The number of hydrogen-bond acceptors (Lipinski definition) is 0. The van der Waals surface area contributed by atoms with Gasteiger partial charge in [0.15, 0.2) is 0 Å². The molecule has 348 valence electrons. The monoisotopic (exact) mass is 926 g/mol. The molecule has 0 bridgehead atoms. The highest BCUT2D eigenvalue weighted by molar-refractivity contribution is 7.00. The summed E-state index contributed by atoms with van der Waals surface area (Å²) in [7, 11) is 0. The van der Waals surface area contributed by atoms with Crippen molar-refractivity contribution < 1.29 is 0 Å². The number of benzene rings is 8. The summed E-state index contributed by atoms with van der Waals surface area (Å²) >= 11 is 0. The van der Waals surface area contributed by atoms with Gasteiger partial charge in [-0.05, 0) is 189 Å². The summed E-state index contributed by atoms with van der Waals surface area (Å²) in [4.78, 5) is 0. The maximum Gasteiger partial charge on any atom is 0.252 e. The van der Waals surface area contributed by atoms with Gasteiger partial charge in [-0.25, -0.2) is 0 Å². The van der Waals surface area contributed by atoms with Gasteiger partial charge in [0, 0.05) is 43.8 Å². The van der Waals surface area contributed by atoms with Crippen molar-refractivity contribution in [2.45, 2.75) is 132 Å². The Morgan fingerprint density at radius 2 is 0.847 bits per heavy atom. The van der Waals surface area contributed by atoms with Crippen LogP contribution < -0.4 is 16.4 Å². The molecule has 4 fully saturated rings. The standard InChI is InChI=1S/C69H59BN2/c1-2-24-44(25-3-1)51-39-59-68-63-67(51)71-62-31-30-45(40-16-4-5-17-40)32-52(62)53-34-47(42-20-8-9-21-42)37-60(65(53)71)70(63)61-38-48(43-22-10-11-23-43)35-55-54-33-46(41-18-6-7-19-41)36-58(64(54)72(68)66(55)61)69(59)56-28-14-12-26-49(56)50-27-13-15-29-57(50)69/h1-3,12-15,24-43H,4-11,16-23H2. The summed E-state index contributed by atoms with van der Waals surface area (Å²) in [5, 5.41) is 5.94. The molecule has 10 aromatic rings. The van der Waals surface area contributed by atoms with Crippen LogP contribution in [0.4, 0.5) is 0 Å². The second kappa shape index (κ2) is 14.3. The van der Waals surface area contributed by atoms with Crippen molar-refractivity contribution in [2.24, 2.45) is 0 Å². The van der Waals surface area contributed by atoms with Crippen LogP contribution >= 0.6 is 0 Å². The Morgan fingerprint density at radius 3 is 1.44 bits per heavy atom. The maximum atomic E-state index is 2.90. The average Bonchev–Trinajstić information content (AvgIpc) is 4.31. The molecule has 0 amide bonds. The van der Waals surface area contributed by atoms with Crippen LogP contribution in [0.25, 0.3) is 77.2 Å². The molecule has 4 saturated carbocycles. The van der Waals surface area contributed by atoms with E-state index in [2.05, 4.69) is 149 Å². The van der Waals surface area contributed by atoms with E-state index in [0.717, 1.165) is 0 Å². The molecule has 5 heterocycles. The maximum absolute atomic E-state index is 2.90. The highest BCUT2D eigenvalue weighted by Crippen LogP contribution is 2.63. The Hall–Kier alpha value is -6.58. The van der Waals surface area contributed by atoms with Crippen molar-refractivity contribution in [3.05, 3.63) is 184 Å². The Balaban J connectivity index is 1.09. The van der Waals surface area contributed by atoms with E-state index in [-0.39, 0.29) is 6.71 Å². The molecule has 3 aliphatic heterocycles. The number of nitrogens with zero attached hydrogens (tertiary/aromatic N) is 2. The van der Waals surface area contributed by atoms with Gasteiger partial charge in [0.25, 0.3) is 6.71 Å². The molecule has 0 N–H and O–H groups in total. The molecule has 5 aliphatic carbocycles. The topological polar surface area (TPSA) is 9.86 Å². The van der Waals surface area contributed by atoms with Gasteiger partial charge in [-0.2, -0.15) is 0 Å². The van der Waals surface area contributed by atoms with E-state index in [0.29, 0.717) is 23.7 Å². The van der Waals surface area contributed by atoms with Crippen molar-refractivity contribution in [2.75, 3.05) is 0 Å². The van der Waals surface area contributed by atoms with Crippen LogP contribution in [-0.2, 0) is 5.41 Å². The van der Waals surface area contributed by atoms with Crippen LogP contribution in [0.5, 0.6) is 0 Å². The highest BCUT2D eigenvalue weighted by atomic mass is 15.1. The highest BCUT2D eigenvalue weighted by Gasteiger charge is 2.55. The third-order valence-corrected chi connectivity index (χ3v) is 20.8. The first kappa shape index (κ1) is 40.0. The molecular weight excluding hydrogens is 868 g/mol. The van der Waals surface area contributed by atoms with Gasteiger partial charge in [0.1, 0.15) is 0 Å². The molecule has 2 aromatic heterocycles. The van der Waals surface area contributed by atoms with Gasteiger partial charge in [-0.1, -0.05) is 154 Å². The molecule has 8 aromatic carbocycles. The fourth-order valence-electron chi connectivity index (χ4n) is 17.8. The minimum Gasteiger partial charge on any atom is -0.310 e. The normalized spacial score (nSPS) is 19.5. The van der Waals surface area contributed by atoms with Gasteiger partial charge >= 0.3 is 0 Å². The van der Waals surface area contributed by atoms with E-state index in [1.807, 2.05) is 0 Å². The second-order valence-corrected chi connectivity index (χ2v) is 24.1. The predicted molar refractivity (Wildman–Crippen MR) is 301 cm³/mol. The molecular formula is C69H59BN2. The lowest BCUT2D eigenvalue weighted by Crippen LogP contribution is -2.61. The van der Waals surface area contributed by atoms with Crippen molar-refractivity contribution in [1.82, 2.24) is 9.13 Å². The van der Waals surface area contributed by atoms with Gasteiger partial charge in [-0.15, -0.1) is 0 Å². The third kappa shape index (κ3) is 4.91. The summed E-state index contributed by atoms with van der Waals surface area (Å²) < 4.78 is 5.73. The lowest BCUT2D eigenvalue weighted by atomic mass is 9.33. The lowest BCUT2D eigenvalue weighted by Gasteiger charge is -2.45. The van der Waals surface area contributed by atoms with Crippen LogP contribution in [0.15, 0.2) is 140 Å². The van der Waals surface area contributed by atoms with Crippen LogP contribution in [0.1, 0.15) is 171 Å². The van der Waals surface area contributed by atoms with E-state index in [1.165, 1.54) is 208 Å². The van der Waals surface area contributed by atoms with Gasteiger partial charge in [0.05, 0.1) is 22.1 Å². The Kier molecular flexibility index (Phi) is 7.96. The minimum atomic E-state index is -0.509. The van der Waals surface area contributed by atoms with Crippen molar-refractivity contribution >= 4 is 66.7 Å². The largest absolute Gasteiger partial charge is 0.310 e. The molecule has 1 spiro atoms. The zero-order valence-electron chi connectivity index (χ0n) is 41.4. The molecule has 0 saturated heterocycles. The summed E-state index contributed by atoms with van der Waals surface area (Å²) in [6, 6.07) is 57.9. The fourth-order valence-corrected chi connectivity index (χ4v) is 17.8. The Bertz CT molecular complexity index is 3980. The van der Waals surface area contributed by atoms with Crippen molar-refractivity contribution in [3.8, 4) is 33.6 Å². The van der Waals surface area contributed by atoms with Gasteiger partial charge in [-0.3, -0.25) is 0 Å². The molecule has 3 heteroatoms. The van der Waals surface area contributed by atoms with Crippen molar-refractivity contribution in [1.29, 1.82) is 0 Å². The molecule has 18 rings (SSSR count). The van der Waals surface area contributed by atoms with Crippen LogP contribution in [0.2, 0.25) is 0 Å². The third-order valence-electron chi connectivity index (χ3n) is 20.8. The van der Waals surface area contributed by atoms with Crippen LogP contribution in [-0.4, -0.2) is 15.8 Å². The van der Waals surface area contributed by atoms with E-state index in [4.69, 9.17) is 0 Å². The first-order valence-electron chi connectivity index (χ1n) is 28.5. The zero-order valence-corrected chi connectivity index (χ0v) is 41.4. The Morgan fingerprint density at radius 1 is 0.361 bits per heavy atom. The molecule has 0 radical (unpaired) electrons.